The van der Waals surface area contributed by atoms with Gasteiger partial charge in [0, 0.05) is 34.3 Å². The molecule has 0 unspecified atom stereocenters. The summed E-state index contributed by atoms with van der Waals surface area (Å²) in [6, 6.07) is 22.2. The summed E-state index contributed by atoms with van der Waals surface area (Å²) in [5, 5.41) is 13.8. The Morgan fingerprint density at radius 3 is 1.39 bits per heavy atom. The molecule has 0 saturated carbocycles. The van der Waals surface area contributed by atoms with Crippen LogP contribution in [0.25, 0.3) is 53.5 Å². The lowest BCUT2D eigenvalue weighted by Crippen LogP contribution is -1.83. The van der Waals surface area contributed by atoms with E-state index < -0.39 is 0 Å². The SMILES string of the molecule is c1csc(-c2ccc3c(ccc4c5ccc(-c6nccs6)cc5ccc34)c2)n1. The van der Waals surface area contributed by atoms with E-state index in [4.69, 9.17) is 0 Å². The zero-order chi connectivity index (χ0) is 18.5. The van der Waals surface area contributed by atoms with E-state index >= 15 is 0 Å². The van der Waals surface area contributed by atoms with Crippen LogP contribution in [0.3, 0.4) is 0 Å². The lowest BCUT2D eigenvalue weighted by Gasteiger charge is -2.09. The maximum atomic E-state index is 4.44. The van der Waals surface area contributed by atoms with Gasteiger partial charge in [-0.25, -0.2) is 9.97 Å². The van der Waals surface area contributed by atoms with Crippen LogP contribution in [-0.4, -0.2) is 9.97 Å². The molecule has 0 saturated heterocycles. The molecule has 0 aliphatic rings. The molecule has 0 amide bonds. The highest BCUT2D eigenvalue weighted by atomic mass is 32.1. The zero-order valence-electron chi connectivity index (χ0n) is 14.8. The van der Waals surface area contributed by atoms with E-state index in [2.05, 4.69) is 70.6 Å². The van der Waals surface area contributed by atoms with Crippen LogP contribution >= 0.6 is 22.7 Å². The summed E-state index contributed by atoms with van der Waals surface area (Å²) in [4.78, 5) is 8.88. The van der Waals surface area contributed by atoms with Gasteiger partial charge in [-0.2, -0.15) is 0 Å². The van der Waals surface area contributed by atoms with Gasteiger partial charge in [-0.15, -0.1) is 22.7 Å². The van der Waals surface area contributed by atoms with Gasteiger partial charge in [0.25, 0.3) is 0 Å². The highest BCUT2D eigenvalue weighted by molar-refractivity contribution is 7.13. The highest BCUT2D eigenvalue weighted by Gasteiger charge is 2.09. The highest BCUT2D eigenvalue weighted by Crippen LogP contribution is 2.35. The van der Waals surface area contributed by atoms with E-state index in [1.807, 2.05) is 23.2 Å². The van der Waals surface area contributed by atoms with E-state index in [0.29, 0.717) is 0 Å². The zero-order valence-corrected chi connectivity index (χ0v) is 16.4. The molecule has 4 aromatic carbocycles. The minimum atomic E-state index is 1.07. The van der Waals surface area contributed by atoms with Crippen molar-refractivity contribution < 1.29 is 0 Å². The van der Waals surface area contributed by atoms with E-state index in [-0.39, 0.29) is 0 Å². The number of thiazole rings is 2. The molecule has 28 heavy (non-hydrogen) atoms. The molecular formula is C24H14N2S2. The molecule has 0 N–H and O–H groups in total. The van der Waals surface area contributed by atoms with E-state index in [1.165, 1.54) is 43.4 Å². The average Bonchev–Trinajstić information content (AvgIpc) is 3.46. The average molecular weight is 395 g/mol. The number of hydrogen-bond acceptors (Lipinski definition) is 4. The third-order valence-electron chi connectivity index (χ3n) is 5.19. The molecule has 0 bridgehead atoms. The standard InChI is InChI=1S/C24H14N2S2/c1-7-21-20-6-4-18(24-26-10-12-28-24)14-16(20)2-8-22(21)19-5-3-17(13-15(1)19)23-25-9-11-27-23/h1-14H. The normalized spacial score (nSPS) is 11.6. The molecule has 2 heterocycles. The topological polar surface area (TPSA) is 25.8 Å². The Kier molecular flexibility index (Phi) is 3.54. The van der Waals surface area contributed by atoms with Crippen molar-refractivity contribution in [1.82, 2.24) is 9.97 Å². The third kappa shape index (κ3) is 2.46. The molecule has 4 heteroatoms. The van der Waals surface area contributed by atoms with Crippen molar-refractivity contribution in [2.75, 3.05) is 0 Å². The van der Waals surface area contributed by atoms with E-state index in [9.17, 15) is 0 Å². The van der Waals surface area contributed by atoms with E-state index in [0.717, 1.165) is 10.0 Å². The summed E-state index contributed by atoms with van der Waals surface area (Å²) in [7, 11) is 0. The van der Waals surface area contributed by atoms with Crippen LogP contribution in [0.2, 0.25) is 0 Å². The minimum Gasteiger partial charge on any atom is -0.245 e. The maximum Gasteiger partial charge on any atom is 0.123 e. The van der Waals surface area contributed by atoms with Crippen LogP contribution < -0.4 is 0 Å². The Hall–Kier alpha value is -3.08. The smallest absolute Gasteiger partial charge is 0.123 e. The Morgan fingerprint density at radius 2 is 0.964 bits per heavy atom. The first-order valence-electron chi connectivity index (χ1n) is 9.06. The van der Waals surface area contributed by atoms with Gasteiger partial charge in [0.1, 0.15) is 10.0 Å². The van der Waals surface area contributed by atoms with Crippen LogP contribution in [-0.2, 0) is 0 Å². The molecule has 132 valence electrons. The van der Waals surface area contributed by atoms with Crippen LogP contribution in [0.5, 0.6) is 0 Å². The molecule has 0 aliphatic carbocycles. The first-order valence-corrected chi connectivity index (χ1v) is 10.8. The van der Waals surface area contributed by atoms with Crippen LogP contribution in [0.1, 0.15) is 0 Å². The predicted octanol–water partition coefficient (Wildman–Crippen LogP) is 7.39. The van der Waals surface area contributed by atoms with E-state index in [1.54, 1.807) is 22.7 Å². The summed E-state index contributed by atoms with van der Waals surface area (Å²) in [5.41, 5.74) is 2.35. The maximum absolute atomic E-state index is 4.44. The Labute approximate surface area is 169 Å². The van der Waals surface area contributed by atoms with Crippen molar-refractivity contribution in [3.8, 4) is 21.1 Å². The predicted molar refractivity (Wildman–Crippen MR) is 121 cm³/mol. The molecule has 6 aromatic rings. The first-order chi connectivity index (χ1) is 13.9. The number of nitrogens with zero attached hydrogens (tertiary/aromatic N) is 2. The summed E-state index contributed by atoms with van der Waals surface area (Å²) in [6.45, 7) is 0. The second kappa shape index (κ2) is 6.23. The second-order valence-corrected chi connectivity index (χ2v) is 8.56. The molecule has 0 fully saturated rings. The van der Waals surface area contributed by atoms with Gasteiger partial charge in [-0.1, -0.05) is 48.5 Å². The van der Waals surface area contributed by atoms with Gasteiger partial charge in [-0.3, -0.25) is 0 Å². The van der Waals surface area contributed by atoms with Crippen molar-refractivity contribution in [1.29, 1.82) is 0 Å². The van der Waals surface area contributed by atoms with Crippen molar-refractivity contribution >= 4 is 55.0 Å². The lowest BCUT2D eigenvalue weighted by molar-refractivity contribution is 1.42. The molecule has 0 spiro atoms. The fourth-order valence-electron chi connectivity index (χ4n) is 3.89. The molecule has 0 radical (unpaired) electrons. The monoisotopic (exact) mass is 394 g/mol. The van der Waals surface area contributed by atoms with Gasteiger partial charge in [0.15, 0.2) is 0 Å². The van der Waals surface area contributed by atoms with Gasteiger partial charge in [0.05, 0.1) is 0 Å². The van der Waals surface area contributed by atoms with Gasteiger partial charge in [0.2, 0.25) is 0 Å². The molecular weight excluding hydrogens is 380 g/mol. The Balaban J connectivity index is 1.57. The fraction of sp³-hybridized carbons (Fsp3) is 0. The Morgan fingerprint density at radius 1 is 0.500 bits per heavy atom. The first kappa shape index (κ1) is 15.9. The molecule has 2 aromatic heterocycles. The summed E-state index contributed by atoms with van der Waals surface area (Å²) in [5.74, 6) is 0. The molecule has 0 aliphatic heterocycles. The summed E-state index contributed by atoms with van der Waals surface area (Å²) in [6.07, 6.45) is 3.72. The molecule has 6 rings (SSSR count). The summed E-state index contributed by atoms with van der Waals surface area (Å²) >= 11 is 3.35. The van der Waals surface area contributed by atoms with Crippen LogP contribution in [0.15, 0.2) is 83.8 Å². The Bertz CT molecular complexity index is 1340. The molecule has 0 atom stereocenters. The molecule has 2 nitrogen and oxygen atoms in total. The van der Waals surface area contributed by atoms with Crippen molar-refractivity contribution in [3.05, 3.63) is 83.8 Å². The van der Waals surface area contributed by atoms with Gasteiger partial charge < -0.3 is 0 Å². The lowest BCUT2D eigenvalue weighted by atomic mass is 9.95. The summed E-state index contributed by atoms with van der Waals surface area (Å²) < 4.78 is 0. The number of hydrogen-bond donors (Lipinski definition) is 0. The fourth-order valence-corrected chi connectivity index (χ4v) is 5.16. The van der Waals surface area contributed by atoms with Gasteiger partial charge in [-0.05, 0) is 44.5 Å². The quantitative estimate of drug-likeness (QED) is 0.286. The number of aromatic nitrogens is 2. The van der Waals surface area contributed by atoms with Crippen LogP contribution in [0, 0.1) is 0 Å². The largest absolute Gasteiger partial charge is 0.245 e. The number of benzene rings is 4. The van der Waals surface area contributed by atoms with Crippen molar-refractivity contribution in [2.24, 2.45) is 0 Å². The van der Waals surface area contributed by atoms with Crippen molar-refractivity contribution in [3.63, 3.8) is 0 Å². The second-order valence-electron chi connectivity index (χ2n) is 6.77. The van der Waals surface area contributed by atoms with Crippen molar-refractivity contribution in [2.45, 2.75) is 0 Å². The van der Waals surface area contributed by atoms with Crippen LogP contribution in [0.4, 0.5) is 0 Å². The number of fused-ring (bicyclic) bond motifs is 5. The number of rotatable bonds is 2. The third-order valence-corrected chi connectivity index (χ3v) is 6.84. The minimum absolute atomic E-state index is 1.07. The van der Waals surface area contributed by atoms with Gasteiger partial charge >= 0.3 is 0 Å².